The summed E-state index contributed by atoms with van der Waals surface area (Å²) < 4.78 is 7.63. The SMILES string of the molecule is CCCCOC(=O)c1c(CC)nc(CCC)n1Cc1ccc(-c2ccccc2-c2nn[nH]n2)cc1. The lowest BCUT2D eigenvalue weighted by atomic mass is 9.98. The molecule has 0 aliphatic heterocycles. The van der Waals surface area contributed by atoms with Gasteiger partial charge < -0.3 is 9.30 Å². The number of aromatic amines is 1. The molecule has 0 spiro atoms. The summed E-state index contributed by atoms with van der Waals surface area (Å²) in [5.74, 6) is 1.21. The molecule has 0 radical (unpaired) electrons. The molecular weight excluding hydrogens is 440 g/mol. The van der Waals surface area contributed by atoms with Crippen molar-refractivity contribution in [3.63, 3.8) is 0 Å². The minimum absolute atomic E-state index is 0.282. The van der Waals surface area contributed by atoms with Crippen molar-refractivity contribution in [2.75, 3.05) is 6.61 Å². The number of hydrogen-bond acceptors (Lipinski definition) is 6. The highest BCUT2D eigenvalue weighted by Gasteiger charge is 2.23. The molecule has 182 valence electrons. The number of ether oxygens (including phenoxy) is 1. The van der Waals surface area contributed by atoms with Gasteiger partial charge >= 0.3 is 5.97 Å². The molecule has 0 saturated heterocycles. The van der Waals surface area contributed by atoms with Crippen LogP contribution in [-0.4, -0.2) is 42.8 Å². The average Bonchev–Trinajstić information content (AvgIpc) is 3.54. The number of carbonyl (C=O) groups is 1. The van der Waals surface area contributed by atoms with Crippen LogP contribution in [0.5, 0.6) is 0 Å². The number of benzene rings is 2. The maximum absolute atomic E-state index is 13.0. The van der Waals surface area contributed by atoms with E-state index in [1.165, 1.54) is 0 Å². The quantitative estimate of drug-likeness (QED) is 0.236. The molecule has 2 aromatic carbocycles. The van der Waals surface area contributed by atoms with Crippen molar-refractivity contribution < 1.29 is 9.53 Å². The number of hydrogen-bond donors (Lipinski definition) is 1. The lowest BCUT2D eigenvalue weighted by Crippen LogP contribution is -2.17. The summed E-state index contributed by atoms with van der Waals surface area (Å²) in [5, 5.41) is 14.5. The maximum atomic E-state index is 13.0. The Hall–Kier alpha value is -3.81. The first-order valence-corrected chi connectivity index (χ1v) is 12.3. The van der Waals surface area contributed by atoms with E-state index in [0.29, 0.717) is 31.1 Å². The predicted octanol–water partition coefficient (Wildman–Crippen LogP) is 5.25. The summed E-state index contributed by atoms with van der Waals surface area (Å²) >= 11 is 0. The Kier molecular flexibility index (Phi) is 8.03. The van der Waals surface area contributed by atoms with Crippen molar-refractivity contribution in [3.05, 3.63) is 71.3 Å². The van der Waals surface area contributed by atoms with Crippen LogP contribution in [0.25, 0.3) is 22.5 Å². The minimum Gasteiger partial charge on any atom is -0.461 e. The van der Waals surface area contributed by atoms with Crippen molar-refractivity contribution in [2.24, 2.45) is 0 Å². The number of nitrogens with one attached hydrogen (secondary N) is 1. The third kappa shape index (κ3) is 5.48. The minimum atomic E-state index is -0.282. The number of nitrogens with zero attached hydrogens (tertiary/aromatic N) is 5. The first-order valence-electron chi connectivity index (χ1n) is 12.3. The van der Waals surface area contributed by atoms with Gasteiger partial charge in [0.1, 0.15) is 5.82 Å². The lowest BCUT2D eigenvalue weighted by molar-refractivity contribution is 0.0486. The molecule has 0 atom stereocenters. The second-order valence-corrected chi connectivity index (χ2v) is 8.48. The van der Waals surface area contributed by atoms with E-state index >= 15 is 0 Å². The fourth-order valence-electron chi connectivity index (χ4n) is 4.17. The van der Waals surface area contributed by atoms with E-state index in [1.807, 2.05) is 35.8 Å². The van der Waals surface area contributed by atoms with Gasteiger partial charge in [-0.25, -0.2) is 9.78 Å². The van der Waals surface area contributed by atoms with E-state index < -0.39 is 0 Å². The van der Waals surface area contributed by atoms with Gasteiger partial charge in [0, 0.05) is 18.5 Å². The van der Waals surface area contributed by atoms with Crippen molar-refractivity contribution in [1.29, 1.82) is 0 Å². The smallest absolute Gasteiger partial charge is 0.356 e. The van der Waals surface area contributed by atoms with E-state index in [9.17, 15) is 4.79 Å². The van der Waals surface area contributed by atoms with E-state index in [0.717, 1.165) is 59.5 Å². The van der Waals surface area contributed by atoms with Crippen LogP contribution in [-0.2, 0) is 24.1 Å². The molecule has 0 unspecified atom stereocenters. The number of esters is 1. The Balaban J connectivity index is 1.64. The highest BCUT2D eigenvalue weighted by atomic mass is 16.5. The topological polar surface area (TPSA) is 98.6 Å². The van der Waals surface area contributed by atoms with Gasteiger partial charge in [0.25, 0.3) is 0 Å². The monoisotopic (exact) mass is 472 g/mol. The summed E-state index contributed by atoms with van der Waals surface area (Å²) in [7, 11) is 0. The Morgan fingerprint density at radius 3 is 2.43 bits per heavy atom. The van der Waals surface area contributed by atoms with Gasteiger partial charge in [-0.1, -0.05) is 75.7 Å². The summed E-state index contributed by atoms with van der Waals surface area (Å²) in [6, 6.07) is 16.4. The zero-order chi connectivity index (χ0) is 24.6. The number of rotatable bonds is 11. The number of carbonyl (C=O) groups excluding carboxylic acids is 1. The van der Waals surface area contributed by atoms with Crippen LogP contribution >= 0.6 is 0 Å². The van der Waals surface area contributed by atoms with Crippen LogP contribution < -0.4 is 0 Å². The molecule has 8 nitrogen and oxygen atoms in total. The zero-order valence-corrected chi connectivity index (χ0v) is 20.6. The normalized spacial score (nSPS) is 11.1. The maximum Gasteiger partial charge on any atom is 0.356 e. The number of tetrazole rings is 1. The molecule has 0 bridgehead atoms. The molecular formula is C27H32N6O2. The highest BCUT2D eigenvalue weighted by molar-refractivity contribution is 5.89. The van der Waals surface area contributed by atoms with Gasteiger partial charge in [-0.2, -0.15) is 5.21 Å². The highest BCUT2D eigenvalue weighted by Crippen LogP contribution is 2.30. The van der Waals surface area contributed by atoms with E-state index in [2.05, 4.69) is 58.7 Å². The summed E-state index contributed by atoms with van der Waals surface area (Å²) in [5.41, 5.74) is 5.48. The summed E-state index contributed by atoms with van der Waals surface area (Å²) in [6.45, 7) is 7.23. The predicted molar refractivity (Wildman–Crippen MR) is 135 cm³/mol. The van der Waals surface area contributed by atoms with E-state index in [-0.39, 0.29) is 5.97 Å². The zero-order valence-electron chi connectivity index (χ0n) is 20.6. The molecule has 0 saturated carbocycles. The first kappa shape index (κ1) is 24.3. The Morgan fingerprint density at radius 1 is 1.00 bits per heavy atom. The summed E-state index contributed by atoms with van der Waals surface area (Å²) in [4.78, 5) is 17.8. The number of aryl methyl sites for hydroxylation is 2. The van der Waals surface area contributed by atoms with Crippen LogP contribution in [0.15, 0.2) is 48.5 Å². The molecule has 35 heavy (non-hydrogen) atoms. The van der Waals surface area contributed by atoms with Crippen LogP contribution in [0, 0.1) is 0 Å². The van der Waals surface area contributed by atoms with Crippen LogP contribution in [0.4, 0.5) is 0 Å². The number of unbranched alkanes of at least 4 members (excludes halogenated alkanes) is 1. The Labute approximate surface area is 205 Å². The number of aromatic nitrogens is 6. The number of H-pyrrole nitrogens is 1. The molecule has 4 rings (SSSR count). The van der Waals surface area contributed by atoms with Gasteiger partial charge in [0.2, 0.25) is 5.82 Å². The Bertz CT molecular complexity index is 1250. The number of imidazole rings is 1. The van der Waals surface area contributed by atoms with Crippen LogP contribution in [0.2, 0.25) is 0 Å². The van der Waals surface area contributed by atoms with Crippen molar-refractivity contribution >= 4 is 5.97 Å². The summed E-state index contributed by atoms with van der Waals surface area (Å²) in [6.07, 6.45) is 4.29. The molecule has 4 aromatic rings. The third-order valence-electron chi connectivity index (χ3n) is 5.97. The van der Waals surface area contributed by atoms with Crippen molar-refractivity contribution in [3.8, 4) is 22.5 Å². The molecule has 0 aliphatic rings. The fraction of sp³-hybridized carbons (Fsp3) is 0.370. The molecule has 0 aliphatic carbocycles. The molecule has 2 aromatic heterocycles. The third-order valence-corrected chi connectivity index (χ3v) is 5.97. The Morgan fingerprint density at radius 2 is 1.77 bits per heavy atom. The van der Waals surface area contributed by atoms with Crippen LogP contribution in [0.3, 0.4) is 0 Å². The second-order valence-electron chi connectivity index (χ2n) is 8.48. The molecule has 2 heterocycles. The molecule has 1 N–H and O–H groups in total. The van der Waals surface area contributed by atoms with Gasteiger partial charge in [-0.15, -0.1) is 10.2 Å². The standard InChI is InChI=1S/C27H32N6O2/c1-4-7-17-35-27(34)25-23(6-3)28-24(10-5-2)33(25)18-19-13-15-20(16-14-19)21-11-8-9-12-22(21)26-29-31-32-30-26/h8-9,11-16H,4-7,10,17-18H2,1-3H3,(H,29,30,31,32). The average molecular weight is 473 g/mol. The van der Waals surface area contributed by atoms with E-state index in [4.69, 9.17) is 9.72 Å². The largest absolute Gasteiger partial charge is 0.461 e. The van der Waals surface area contributed by atoms with Crippen molar-refractivity contribution in [2.45, 2.75) is 59.4 Å². The fourth-order valence-corrected chi connectivity index (χ4v) is 4.17. The molecule has 0 fully saturated rings. The van der Waals surface area contributed by atoms with Gasteiger partial charge in [0.15, 0.2) is 5.69 Å². The molecule has 8 heteroatoms. The van der Waals surface area contributed by atoms with Crippen LogP contribution in [0.1, 0.15) is 67.6 Å². The second kappa shape index (κ2) is 11.6. The van der Waals surface area contributed by atoms with Crippen molar-refractivity contribution in [1.82, 2.24) is 30.2 Å². The van der Waals surface area contributed by atoms with Gasteiger partial charge in [-0.3, -0.25) is 0 Å². The van der Waals surface area contributed by atoms with E-state index in [1.54, 1.807) is 0 Å². The van der Waals surface area contributed by atoms with Gasteiger partial charge in [-0.05, 0) is 41.2 Å². The van der Waals surface area contributed by atoms with Gasteiger partial charge in [0.05, 0.1) is 12.3 Å². The lowest BCUT2D eigenvalue weighted by Gasteiger charge is -2.13. The molecule has 0 amide bonds. The first-order chi connectivity index (χ1) is 17.2.